The zero-order valence-corrected chi connectivity index (χ0v) is 20.6. The maximum absolute atomic E-state index is 13.8. The van der Waals surface area contributed by atoms with Gasteiger partial charge in [0.2, 0.25) is 5.60 Å². The number of benzene rings is 1. The summed E-state index contributed by atoms with van der Waals surface area (Å²) in [6, 6.07) is 5.39. The minimum atomic E-state index is -1.97. The second-order valence-electron chi connectivity index (χ2n) is 10.1. The quantitative estimate of drug-likeness (QED) is 0.500. The number of ether oxygens (including phenoxy) is 2. The molecule has 1 amide bonds. The van der Waals surface area contributed by atoms with E-state index in [-0.39, 0.29) is 6.04 Å². The van der Waals surface area contributed by atoms with Crippen molar-refractivity contribution in [2.24, 2.45) is 5.41 Å². The number of aliphatic hydroxyl groups is 1. The Morgan fingerprint density at radius 3 is 2.68 bits per heavy atom. The van der Waals surface area contributed by atoms with Gasteiger partial charge in [-0.3, -0.25) is 14.5 Å². The number of methoxy groups -OCH3 is 1. The van der Waals surface area contributed by atoms with E-state index < -0.39 is 40.5 Å². The van der Waals surface area contributed by atoms with Crippen LogP contribution in [0.4, 0.5) is 5.69 Å². The summed E-state index contributed by atoms with van der Waals surface area (Å²) in [6.45, 7) is 7.23. The Bertz CT molecular complexity index is 1060. The highest BCUT2D eigenvalue weighted by molar-refractivity contribution is 5.90. The van der Waals surface area contributed by atoms with Crippen LogP contribution in [0.15, 0.2) is 30.4 Å². The van der Waals surface area contributed by atoms with Crippen LogP contribution in [0.3, 0.4) is 0 Å². The fourth-order valence-electron chi connectivity index (χ4n) is 7.84. The van der Waals surface area contributed by atoms with E-state index in [0.29, 0.717) is 13.0 Å². The molecule has 6 atom stereocenters. The molecule has 1 saturated heterocycles. The third-order valence-corrected chi connectivity index (χ3v) is 8.81. The Balaban J connectivity index is 1.85. The molecule has 184 valence electrons. The Kier molecular flexibility index (Phi) is 5.26. The van der Waals surface area contributed by atoms with Crippen molar-refractivity contribution in [1.29, 1.82) is 0 Å². The summed E-state index contributed by atoms with van der Waals surface area (Å²) in [5.74, 6) is -0.281. The molecular formula is C26H35N3O5. The summed E-state index contributed by atoms with van der Waals surface area (Å²) >= 11 is 0. The molecule has 4 aliphatic rings. The van der Waals surface area contributed by atoms with Crippen LogP contribution in [-0.4, -0.2) is 79.5 Å². The van der Waals surface area contributed by atoms with Crippen molar-refractivity contribution in [1.82, 2.24) is 10.2 Å². The Morgan fingerprint density at radius 1 is 1.26 bits per heavy atom. The molecule has 1 aliphatic carbocycles. The number of nitrogens with one attached hydrogen (secondary N) is 1. The number of rotatable bonds is 5. The van der Waals surface area contributed by atoms with Gasteiger partial charge in [0.1, 0.15) is 5.75 Å². The Morgan fingerprint density at radius 2 is 2.03 bits per heavy atom. The lowest BCUT2D eigenvalue weighted by Gasteiger charge is -2.63. The first-order chi connectivity index (χ1) is 16.2. The molecule has 1 saturated carbocycles. The molecule has 8 nitrogen and oxygen atoms in total. The van der Waals surface area contributed by atoms with Crippen molar-refractivity contribution >= 4 is 17.6 Å². The molecule has 0 aromatic heterocycles. The lowest BCUT2D eigenvalue weighted by Crippen LogP contribution is -2.82. The molecule has 2 N–H and O–H groups in total. The first-order valence-electron chi connectivity index (χ1n) is 12.2. The van der Waals surface area contributed by atoms with E-state index in [9.17, 15) is 14.7 Å². The van der Waals surface area contributed by atoms with E-state index in [1.165, 1.54) is 6.92 Å². The fourth-order valence-corrected chi connectivity index (χ4v) is 7.84. The fraction of sp³-hybridized carbons (Fsp3) is 0.615. The summed E-state index contributed by atoms with van der Waals surface area (Å²) in [4.78, 5) is 30.7. The van der Waals surface area contributed by atoms with Crippen LogP contribution in [0, 0.1) is 5.41 Å². The molecule has 8 heteroatoms. The largest absolute Gasteiger partial charge is 0.497 e. The molecule has 1 aromatic rings. The van der Waals surface area contributed by atoms with Gasteiger partial charge >= 0.3 is 5.97 Å². The second-order valence-corrected chi connectivity index (χ2v) is 10.1. The van der Waals surface area contributed by atoms with Crippen molar-refractivity contribution < 1.29 is 24.2 Å². The molecule has 2 fully saturated rings. The van der Waals surface area contributed by atoms with E-state index in [2.05, 4.69) is 35.4 Å². The van der Waals surface area contributed by atoms with Gasteiger partial charge in [0.05, 0.1) is 13.2 Å². The smallest absolute Gasteiger partial charge is 0.303 e. The van der Waals surface area contributed by atoms with Crippen molar-refractivity contribution in [2.45, 2.75) is 62.8 Å². The van der Waals surface area contributed by atoms with Crippen LogP contribution >= 0.6 is 0 Å². The second kappa shape index (κ2) is 7.71. The minimum Gasteiger partial charge on any atom is -0.497 e. The zero-order chi connectivity index (χ0) is 24.5. The predicted octanol–water partition coefficient (Wildman–Crippen LogP) is 1.60. The molecule has 1 unspecified atom stereocenters. The zero-order valence-electron chi connectivity index (χ0n) is 20.6. The monoisotopic (exact) mass is 469 g/mol. The topological polar surface area (TPSA) is 91.3 Å². The summed E-state index contributed by atoms with van der Waals surface area (Å²) in [6.07, 6.45) is 4.59. The molecule has 5 rings (SSSR count). The molecule has 3 aliphatic heterocycles. The SMILES string of the molecule is CCNC(=O)[C@@]1(O)[C@@H]2N(C)c3cc(OC)ccc3C23CCN2CC=C[C@](CC)([C@H]23)[C@H]1OC(C)=O. The van der Waals surface area contributed by atoms with E-state index in [4.69, 9.17) is 9.47 Å². The van der Waals surface area contributed by atoms with Gasteiger partial charge in [-0.2, -0.15) is 0 Å². The molecule has 0 bridgehead atoms. The molecule has 34 heavy (non-hydrogen) atoms. The number of fused-ring (bicyclic) bond motifs is 1. The van der Waals surface area contributed by atoms with Crippen molar-refractivity contribution in [3.8, 4) is 5.75 Å². The first-order valence-corrected chi connectivity index (χ1v) is 12.2. The number of esters is 1. The standard InChI is InChI=1S/C26H35N3O5/c1-6-24-11-8-13-29-14-12-25(20(24)29)18-10-9-17(33-5)15-19(18)28(4)21(25)26(32,23(31)27-7-2)22(24)34-16(3)30/h8-11,15,20-22,32H,6-7,12-14H2,1-5H3,(H,27,31)/t20-,21+,22+,24+,25?,26+/m0/s1. The highest BCUT2D eigenvalue weighted by atomic mass is 16.6. The van der Waals surface area contributed by atoms with Crippen LogP contribution in [0.25, 0.3) is 0 Å². The summed E-state index contributed by atoms with van der Waals surface area (Å²) < 4.78 is 11.5. The van der Waals surface area contributed by atoms with Gasteiger partial charge in [-0.15, -0.1) is 0 Å². The van der Waals surface area contributed by atoms with Crippen LogP contribution in [0.1, 0.15) is 39.2 Å². The average molecular weight is 470 g/mol. The van der Waals surface area contributed by atoms with E-state index in [1.807, 2.05) is 31.0 Å². The molecule has 3 heterocycles. The summed E-state index contributed by atoms with van der Waals surface area (Å²) in [7, 11) is 3.56. The number of amides is 1. The van der Waals surface area contributed by atoms with Gasteiger partial charge in [-0.25, -0.2) is 0 Å². The maximum atomic E-state index is 13.8. The lowest BCUT2D eigenvalue weighted by molar-refractivity contribution is -0.217. The van der Waals surface area contributed by atoms with Gasteiger partial charge in [0.25, 0.3) is 5.91 Å². The van der Waals surface area contributed by atoms with E-state index in [1.54, 1.807) is 7.11 Å². The first kappa shape index (κ1) is 23.2. The third kappa shape index (κ3) is 2.61. The van der Waals surface area contributed by atoms with Crippen LogP contribution in [-0.2, 0) is 19.7 Å². The Labute approximate surface area is 200 Å². The van der Waals surface area contributed by atoms with Crippen LogP contribution in [0.2, 0.25) is 0 Å². The van der Waals surface area contributed by atoms with Gasteiger partial charge in [-0.1, -0.05) is 25.1 Å². The van der Waals surface area contributed by atoms with Crippen LogP contribution < -0.4 is 15.0 Å². The maximum Gasteiger partial charge on any atom is 0.303 e. The van der Waals surface area contributed by atoms with Gasteiger partial charge in [0.15, 0.2) is 6.10 Å². The number of likely N-dealkylation sites (N-methyl/N-ethyl adjacent to an activating group) is 2. The number of anilines is 1. The lowest BCUT2D eigenvalue weighted by atomic mass is 9.47. The summed E-state index contributed by atoms with van der Waals surface area (Å²) in [5.41, 5.74) is -1.15. The summed E-state index contributed by atoms with van der Waals surface area (Å²) in [5, 5.41) is 15.5. The highest BCUT2D eigenvalue weighted by Gasteiger charge is 2.79. The van der Waals surface area contributed by atoms with Gasteiger partial charge in [0, 0.05) is 55.7 Å². The Hall–Kier alpha value is -2.58. The van der Waals surface area contributed by atoms with Gasteiger partial charge in [-0.05, 0) is 37.9 Å². The average Bonchev–Trinajstić information content (AvgIpc) is 3.33. The van der Waals surface area contributed by atoms with Gasteiger partial charge < -0.3 is 24.8 Å². The van der Waals surface area contributed by atoms with Crippen molar-refractivity contribution in [2.75, 3.05) is 38.7 Å². The normalized spacial score (nSPS) is 37.6. The molecule has 0 radical (unpaired) electrons. The van der Waals surface area contributed by atoms with E-state index in [0.717, 1.165) is 36.5 Å². The number of nitrogens with zero attached hydrogens (tertiary/aromatic N) is 2. The highest BCUT2D eigenvalue weighted by Crippen LogP contribution is 2.67. The number of carbonyl (C=O) groups excluding carboxylic acids is 2. The van der Waals surface area contributed by atoms with Crippen LogP contribution in [0.5, 0.6) is 5.75 Å². The molecule has 1 aromatic carbocycles. The number of hydrogen-bond acceptors (Lipinski definition) is 7. The predicted molar refractivity (Wildman–Crippen MR) is 128 cm³/mol. The molecule has 1 spiro atoms. The minimum absolute atomic E-state index is 0.0313. The van der Waals surface area contributed by atoms with Crippen molar-refractivity contribution in [3.63, 3.8) is 0 Å². The molecular weight excluding hydrogens is 434 g/mol. The van der Waals surface area contributed by atoms with E-state index >= 15 is 0 Å². The van der Waals surface area contributed by atoms with Crippen molar-refractivity contribution in [3.05, 3.63) is 35.9 Å². The number of hydrogen-bond donors (Lipinski definition) is 2. The third-order valence-electron chi connectivity index (χ3n) is 8.81. The number of carbonyl (C=O) groups is 2.